The molecular formula is C7H10ClN3O. The highest BCUT2D eigenvalue weighted by molar-refractivity contribution is 5.85. The number of carbonyl (C=O) groups is 1. The fraction of sp³-hybridized carbons (Fsp3) is 0.286. The monoisotopic (exact) mass is 187 g/mol. The van der Waals surface area contributed by atoms with E-state index in [-0.39, 0.29) is 24.2 Å². The minimum Gasteiger partial charge on any atom is -0.369 e. The van der Waals surface area contributed by atoms with Crippen molar-refractivity contribution in [2.45, 2.75) is 12.8 Å². The van der Waals surface area contributed by atoms with E-state index in [2.05, 4.69) is 9.97 Å². The van der Waals surface area contributed by atoms with Crippen LogP contribution in [0, 0.1) is 0 Å². The van der Waals surface area contributed by atoms with Gasteiger partial charge in [0.2, 0.25) is 5.91 Å². The van der Waals surface area contributed by atoms with Crippen LogP contribution >= 0.6 is 12.4 Å². The Hall–Kier alpha value is -1.16. The van der Waals surface area contributed by atoms with E-state index >= 15 is 0 Å². The summed E-state index contributed by atoms with van der Waals surface area (Å²) in [5.74, 6) is -0.741. The fourth-order valence-electron chi connectivity index (χ4n) is 0.680. The van der Waals surface area contributed by atoms with Crippen LogP contribution in [0.15, 0.2) is 18.6 Å². The highest BCUT2D eigenvalue weighted by Gasteiger charge is 2.11. The van der Waals surface area contributed by atoms with Gasteiger partial charge in [0.15, 0.2) is 0 Å². The van der Waals surface area contributed by atoms with Gasteiger partial charge in [0, 0.05) is 18.6 Å². The van der Waals surface area contributed by atoms with E-state index in [0.29, 0.717) is 5.69 Å². The molecule has 2 N–H and O–H groups in total. The van der Waals surface area contributed by atoms with Crippen LogP contribution in [-0.4, -0.2) is 15.9 Å². The quantitative estimate of drug-likeness (QED) is 0.733. The van der Waals surface area contributed by atoms with E-state index in [1.165, 1.54) is 12.4 Å². The van der Waals surface area contributed by atoms with Gasteiger partial charge in [-0.05, 0) is 6.92 Å². The van der Waals surface area contributed by atoms with Gasteiger partial charge in [-0.2, -0.15) is 0 Å². The summed E-state index contributed by atoms with van der Waals surface area (Å²) in [5, 5.41) is 0. The molecule has 1 rings (SSSR count). The lowest BCUT2D eigenvalue weighted by Crippen LogP contribution is -2.19. The van der Waals surface area contributed by atoms with E-state index in [1.807, 2.05) is 0 Å². The zero-order valence-corrected chi connectivity index (χ0v) is 7.41. The molecule has 66 valence electrons. The van der Waals surface area contributed by atoms with E-state index in [1.54, 1.807) is 13.1 Å². The van der Waals surface area contributed by atoms with Crippen molar-refractivity contribution in [3.05, 3.63) is 24.3 Å². The molecule has 1 aromatic heterocycles. The first-order chi connectivity index (χ1) is 5.22. The first-order valence-electron chi connectivity index (χ1n) is 3.27. The van der Waals surface area contributed by atoms with Gasteiger partial charge in [0.05, 0.1) is 11.6 Å². The van der Waals surface area contributed by atoms with E-state index in [9.17, 15) is 4.79 Å². The van der Waals surface area contributed by atoms with Crippen LogP contribution in [0.4, 0.5) is 0 Å². The maximum absolute atomic E-state index is 10.7. The Balaban J connectivity index is 0.00000121. The molecule has 1 amide bonds. The summed E-state index contributed by atoms with van der Waals surface area (Å²) < 4.78 is 0. The first-order valence-corrected chi connectivity index (χ1v) is 3.27. The van der Waals surface area contributed by atoms with E-state index < -0.39 is 0 Å². The van der Waals surface area contributed by atoms with Crippen molar-refractivity contribution < 1.29 is 4.79 Å². The van der Waals surface area contributed by atoms with Crippen molar-refractivity contribution in [1.29, 1.82) is 0 Å². The summed E-state index contributed by atoms with van der Waals surface area (Å²) in [6, 6.07) is 0. The van der Waals surface area contributed by atoms with E-state index in [0.717, 1.165) is 0 Å². The van der Waals surface area contributed by atoms with Gasteiger partial charge in [0.25, 0.3) is 0 Å². The molecule has 0 saturated heterocycles. The standard InChI is InChI=1S/C7H9N3O.ClH/c1-5(7(8)11)6-4-9-2-3-10-6;/h2-5H,1H3,(H2,8,11);1H. The van der Waals surface area contributed by atoms with Gasteiger partial charge in [0.1, 0.15) is 0 Å². The molecule has 4 nitrogen and oxygen atoms in total. The molecular weight excluding hydrogens is 178 g/mol. The minimum atomic E-state index is -0.384. The molecule has 0 aliphatic carbocycles. The van der Waals surface area contributed by atoms with Gasteiger partial charge in [-0.25, -0.2) is 0 Å². The zero-order chi connectivity index (χ0) is 8.27. The van der Waals surface area contributed by atoms with Gasteiger partial charge in [-0.15, -0.1) is 12.4 Å². The van der Waals surface area contributed by atoms with Gasteiger partial charge >= 0.3 is 0 Å². The van der Waals surface area contributed by atoms with Crippen molar-refractivity contribution >= 4 is 18.3 Å². The lowest BCUT2D eigenvalue weighted by atomic mass is 10.1. The number of amides is 1. The molecule has 1 aromatic rings. The Kier molecular flexibility index (Phi) is 4.21. The largest absolute Gasteiger partial charge is 0.369 e. The molecule has 0 spiro atoms. The third-order valence-electron chi connectivity index (χ3n) is 1.45. The van der Waals surface area contributed by atoms with Crippen molar-refractivity contribution in [2.75, 3.05) is 0 Å². The molecule has 0 fully saturated rings. The van der Waals surface area contributed by atoms with Crippen LogP contribution in [0.25, 0.3) is 0 Å². The predicted molar refractivity (Wildman–Crippen MR) is 46.9 cm³/mol. The lowest BCUT2D eigenvalue weighted by Gasteiger charge is -2.03. The minimum absolute atomic E-state index is 0. The number of aromatic nitrogens is 2. The van der Waals surface area contributed by atoms with Crippen LogP contribution in [0.1, 0.15) is 18.5 Å². The smallest absolute Gasteiger partial charge is 0.226 e. The molecule has 12 heavy (non-hydrogen) atoms. The molecule has 0 aromatic carbocycles. The van der Waals surface area contributed by atoms with Gasteiger partial charge in [-0.1, -0.05) is 0 Å². The second-order valence-electron chi connectivity index (χ2n) is 2.25. The van der Waals surface area contributed by atoms with Crippen molar-refractivity contribution in [1.82, 2.24) is 9.97 Å². The molecule has 0 bridgehead atoms. The van der Waals surface area contributed by atoms with Crippen LogP contribution in [0.2, 0.25) is 0 Å². The Morgan fingerprint density at radius 1 is 1.58 bits per heavy atom. The van der Waals surface area contributed by atoms with Crippen LogP contribution in [0.3, 0.4) is 0 Å². The second-order valence-corrected chi connectivity index (χ2v) is 2.25. The van der Waals surface area contributed by atoms with Crippen molar-refractivity contribution in [3.8, 4) is 0 Å². The summed E-state index contributed by atoms with van der Waals surface area (Å²) in [4.78, 5) is 18.4. The Morgan fingerprint density at radius 3 is 2.67 bits per heavy atom. The van der Waals surface area contributed by atoms with Gasteiger partial charge in [-0.3, -0.25) is 14.8 Å². The average molecular weight is 188 g/mol. The highest BCUT2D eigenvalue weighted by Crippen LogP contribution is 2.08. The number of nitrogens with zero attached hydrogens (tertiary/aromatic N) is 2. The third-order valence-corrected chi connectivity index (χ3v) is 1.45. The van der Waals surface area contributed by atoms with Crippen molar-refractivity contribution in [2.24, 2.45) is 5.73 Å². The molecule has 0 radical (unpaired) electrons. The lowest BCUT2D eigenvalue weighted by molar-refractivity contribution is -0.119. The van der Waals surface area contributed by atoms with Crippen LogP contribution < -0.4 is 5.73 Å². The molecule has 1 heterocycles. The third kappa shape index (κ3) is 2.47. The second kappa shape index (κ2) is 4.66. The molecule has 1 atom stereocenters. The highest BCUT2D eigenvalue weighted by atomic mass is 35.5. The topological polar surface area (TPSA) is 68.9 Å². The number of nitrogens with two attached hydrogens (primary N) is 1. The summed E-state index contributed by atoms with van der Waals surface area (Å²) in [7, 11) is 0. The molecule has 0 aliphatic rings. The Bertz CT molecular complexity index is 252. The van der Waals surface area contributed by atoms with Crippen LogP contribution in [0.5, 0.6) is 0 Å². The Labute approximate surface area is 76.6 Å². The van der Waals surface area contributed by atoms with Crippen molar-refractivity contribution in [3.63, 3.8) is 0 Å². The van der Waals surface area contributed by atoms with Crippen LogP contribution in [-0.2, 0) is 4.79 Å². The zero-order valence-electron chi connectivity index (χ0n) is 6.60. The number of rotatable bonds is 2. The Morgan fingerprint density at radius 2 is 2.25 bits per heavy atom. The summed E-state index contributed by atoms with van der Waals surface area (Å²) in [5.41, 5.74) is 5.67. The average Bonchev–Trinajstić information content (AvgIpc) is 2.05. The van der Waals surface area contributed by atoms with Gasteiger partial charge < -0.3 is 5.73 Å². The van der Waals surface area contributed by atoms with E-state index in [4.69, 9.17) is 5.73 Å². The summed E-state index contributed by atoms with van der Waals surface area (Å²) in [6.45, 7) is 1.70. The maximum Gasteiger partial charge on any atom is 0.226 e. The first kappa shape index (κ1) is 10.8. The number of carbonyl (C=O) groups excluding carboxylic acids is 1. The SMILES string of the molecule is CC(C(N)=O)c1cnccn1.Cl. The predicted octanol–water partition coefficient (Wildman–Crippen LogP) is 0.487. The fourth-order valence-corrected chi connectivity index (χ4v) is 0.680. The number of primary amides is 1. The molecule has 5 heteroatoms. The molecule has 1 unspecified atom stereocenters. The summed E-state index contributed by atoms with van der Waals surface area (Å²) in [6.07, 6.45) is 4.63. The molecule has 0 saturated carbocycles. The summed E-state index contributed by atoms with van der Waals surface area (Å²) >= 11 is 0. The number of halogens is 1. The normalized spacial score (nSPS) is 11.4. The maximum atomic E-state index is 10.7. The molecule has 0 aliphatic heterocycles. The number of hydrogen-bond donors (Lipinski definition) is 1. The number of hydrogen-bond acceptors (Lipinski definition) is 3.